The standard InChI is InChI=1S/C26H30N2O6S2/c1-18-9-11-19(12-10-18)36(32,33)34-15-4-2-3-5-16-35-23-8-6-7-20-21(23)17-28(26(20)31)22-13-14-24(29)27-25(22)30/h6-12,22H,2-5,13-17H2,1H3,(H,27,29,30). The van der Waals surface area contributed by atoms with Crippen LogP contribution in [0.4, 0.5) is 0 Å². The fourth-order valence-corrected chi connectivity index (χ4v) is 6.41. The summed E-state index contributed by atoms with van der Waals surface area (Å²) < 4.78 is 29.6. The van der Waals surface area contributed by atoms with Crippen LogP contribution in [0.1, 0.15) is 60.0 Å². The monoisotopic (exact) mass is 530 g/mol. The number of hydrogen-bond donors (Lipinski definition) is 1. The van der Waals surface area contributed by atoms with Crippen LogP contribution in [0.3, 0.4) is 0 Å². The molecule has 2 aromatic carbocycles. The number of aryl methyl sites for hydroxylation is 1. The summed E-state index contributed by atoms with van der Waals surface area (Å²) in [5.74, 6) is 0.00174. The Morgan fingerprint density at radius 1 is 1.03 bits per heavy atom. The number of amides is 3. The number of unbranched alkanes of at least 4 members (excludes halogenated alkanes) is 3. The molecule has 1 unspecified atom stereocenters. The number of nitrogens with zero attached hydrogens (tertiary/aromatic N) is 1. The van der Waals surface area contributed by atoms with E-state index in [1.54, 1.807) is 47.0 Å². The molecule has 0 spiro atoms. The van der Waals surface area contributed by atoms with E-state index in [1.165, 1.54) is 0 Å². The number of benzene rings is 2. The van der Waals surface area contributed by atoms with E-state index >= 15 is 0 Å². The minimum atomic E-state index is -3.72. The predicted molar refractivity (Wildman–Crippen MR) is 136 cm³/mol. The Kier molecular flexibility index (Phi) is 8.48. The molecule has 10 heteroatoms. The molecule has 1 N–H and O–H groups in total. The maximum absolute atomic E-state index is 12.9. The molecule has 0 bridgehead atoms. The van der Waals surface area contributed by atoms with Crippen LogP contribution in [-0.2, 0) is 30.4 Å². The quantitative estimate of drug-likeness (QED) is 0.204. The first kappa shape index (κ1) is 26.4. The third-order valence-electron chi connectivity index (χ3n) is 6.38. The van der Waals surface area contributed by atoms with Gasteiger partial charge in [-0.25, -0.2) is 0 Å². The molecule has 2 aromatic rings. The molecule has 0 saturated carbocycles. The Morgan fingerprint density at radius 2 is 1.78 bits per heavy atom. The van der Waals surface area contributed by atoms with Gasteiger partial charge in [0.2, 0.25) is 11.8 Å². The normalized spacial score (nSPS) is 17.9. The van der Waals surface area contributed by atoms with Crippen molar-refractivity contribution >= 4 is 39.6 Å². The van der Waals surface area contributed by atoms with E-state index in [2.05, 4.69) is 5.32 Å². The molecule has 192 valence electrons. The van der Waals surface area contributed by atoms with Gasteiger partial charge in [0.15, 0.2) is 0 Å². The molecule has 1 atom stereocenters. The van der Waals surface area contributed by atoms with E-state index in [9.17, 15) is 22.8 Å². The summed E-state index contributed by atoms with van der Waals surface area (Å²) in [6.07, 6.45) is 4.00. The molecule has 0 radical (unpaired) electrons. The lowest BCUT2D eigenvalue weighted by atomic mass is 10.0. The fraction of sp³-hybridized carbons (Fsp3) is 0.423. The van der Waals surface area contributed by atoms with Crippen molar-refractivity contribution < 1.29 is 27.0 Å². The summed E-state index contributed by atoms with van der Waals surface area (Å²) in [7, 11) is -3.72. The molecule has 0 aromatic heterocycles. The summed E-state index contributed by atoms with van der Waals surface area (Å²) in [5.41, 5.74) is 2.55. The van der Waals surface area contributed by atoms with Gasteiger partial charge in [-0.2, -0.15) is 8.42 Å². The molecule has 3 amide bonds. The van der Waals surface area contributed by atoms with Gasteiger partial charge in [0, 0.05) is 23.4 Å². The maximum Gasteiger partial charge on any atom is 0.296 e. The first-order valence-corrected chi connectivity index (χ1v) is 14.5. The Morgan fingerprint density at radius 3 is 2.53 bits per heavy atom. The van der Waals surface area contributed by atoms with Gasteiger partial charge in [0.1, 0.15) is 6.04 Å². The summed E-state index contributed by atoms with van der Waals surface area (Å²) in [4.78, 5) is 39.4. The summed E-state index contributed by atoms with van der Waals surface area (Å²) in [5, 5.41) is 2.33. The zero-order valence-electron chi connectivity index (χ0n) is 20.2. The van der Waals surface area contributed by atoms with Crippen LogP contribution in [0.15, 0.2) is 52.3 Å². The van der Waals surface area contributed by atoms with Gasteiger partial charge in [0.05, 0.1) is 11.5 Å². The Hall–Kier alpha value is -2.69. The summed E-state index contributed by atoms with van der Waals surface area (Å²) in [6, 6.07) is 11.6. The van der Waals surface area contributed by atoms with Crippen molar-refractivity contribution in [3.63, 3.8) is 0 Å². The predicted octanol–water partition coefficient (Wildman–Crippen LogP) is 3.81. The number of rotatable bonds is 11. The number of nitrogens with one attached hydrogen (secondary N) is 1. The summed E-state index contributed by atoms with van der Waals surface area (Å²) >= 11 is 1.68. The molecule has 2 aliphatic rings. The Labute approximate surface area is 215 Å². The average Bonchev–Trinajstić information content (AvgIpc) is 3.18. The minimum Gasteiger partial charge on any atom is -0.322 e. The van der Waals surface area contributed by atoms with Crippen molar-refractivity contribution in [3.05, 3.63) is 59.2 Å². The third kappa shape index (κ3) is 6.16. The van der Waals surface area contributed by atoms with Crippen molar-refractivity contribution in [1.29, 1.82) is 0 Å². The lowest BCUT2D eigenvalue weighted by Gasteiger charge is -2.29. The van der Waals surface area contributed by atoms with Crippen molar-refractivity contribution in [3.8, 4) is 0 Å². The van der Waals surface area contributed by atoms with Crippen molar-refractivity contribution in [2.75, 3.05) is 12.4 Å². The number of piperidine rings is 1. The molecule has 8 nitrogen and oxygen atoms in total. The zero-order valence-corrected chi connectivity index (χ0v) is 21.8. The van der Waals surface area contributed by atoms with Crippen LogP contribution in [0.5, 0.6) is 0 Å². The first-order chi connectivity index (χ1) is 17.3. The molecule has 2 heterocycles. The first-order valence-electron chi connectivity index (χ1n) is 12.1. The molecule has 36 heavy (non-hydrogen) atoms. The van der Waals surface area contributed by atoms with Gasteiger partial charge in [0.25, 0.3) is 16.0 Å². The van der Waals surface area contributed by atoms with E-state index < -0.39 is 22.1 Å². The summed E-state index contributed by atoms with van der Waals surface area (Å²) in [6.45, 7) is 2.43. The van der Waals surface area contributed by atoms with Crippen molar-refractivity contribution in [2.24, 2.45) is 0 Å². The largest absolute Gasteiger partial charge is 0.322 e. The Balaban J connectivity index is 1.19. The van der Waals surface area contributed by atoms with Gasteiger partial charge in [-0.15, -0.1) is 11.8 Å². The van der Waals surface area contributed by atoms with Crippen LogP contribution < -0.4 is 5.32 Å². The molecule has 0 aliphatic carbocycles. The number of carbonyl (C=O) groups excluding carboxylic acids is 3. The number of fused-ring (bicyclic) bond motifs is 1. The van der Waals surface area contributed by atoms with E-state index in [1.807, 2.05) is 19.1 Å². The van der Waals surface area contributed by atoms with Crippen molar-refractivity contribution in [1.82, 2.24) is 10.2 Å². The minimum absolute atomic E-state index is 0.161. The fourth-order valence-electron chi connectivity index (χ4n) is 4.37. The second-order valence-corrected chi connectivity index (χ2v) is 11.8. The maximum atomic E-state index is 12.9. The van der Waals surface area contributed by atoms with E-state index in [-0.39, 0.29) is 29.7 Å². The average molecular weight is 531 g/mol. The van der Waals surface area contributed by atoms with Crippen LogP contribution in [0.2, 0.25) is 0 Å². The number of thioether (sulfide) groups is 1. The lowest BCUT2D eigenvalue weighted by Crippen LogP contribution is -2.52. The van der Waals surface area contributed by atoms with Gasteiger partial charge in [-0.05, 0) is 61.8 Å². The molecule has 1 saturated heterocycles. The second kappa shape index (κ2) is 11.6. The third-order valence-corrected chi connectivity index (χ3v) is 8.90. The highest BCUT2D eigenvalue weighted by Gasteiger charge is 2.39. The van der Waals surface area contributed by atoms with E-state index in [4.69, 9.17) is 4.18 Å². The molecular weight excluding hydrogens is 500 g/mol. The lowest BCUT2D eigenvalue weighted by molar-refractivity contribution is -0.136. The zero-order chi connectivity index (χ0) is 25.7. The van der Waals surface area contributed by atoms with E-state index in [0.29, 0.717) is 24.9 Å². The van der Waals surface area contributed by atoms with Gasteiger partial charge in [-0.3, -0.25) is 23.9 Å². The van der Waals surface area contributed by atoms with Crippen molar-refractivity contribution in [2.45, 2.75) is 67.8 Å². The molecular formula is C26H30N2O6S2. The van der Waals surface area contributed by atoms with Gasteiger partial charge >= 0.3 is 0 Å². The van der Waals surface area contributed by atoms with Crippen LogP contribution >= 0.6 is 11.8 Å². The smallest absolute Gasteiger partial charge is 0.296 e. The highest BCUT2D eigenvalue weighted by Crippen LogP contribution is 2.34. The van der Waals surface area contributed by atoms with Gasteiger partial charge in [-0.1, -0.05) is 36.6 Å². The van der Waals surface area contributed by atoms with E-state index in [0.717, 1.165) is 41.0 Å². The van der Waals surface area contributed by atoms with Crippen LogP contribution in [-0.4, -0.2) is 49.4 Å². The Bertz CT molecular complexity index is 1240. The number of imide groups is 1. The van der Waals surface area contributed by atoms with Crippen LogP contribution in [0, 0.1) is 6.92 Å². The highest BCUT2D eigenvalue weighted by molar-refractivity contribution is 7.99. The molecule has 2 aliphatic heterocycles. The molecule has 4 rings (SSSR count). The van der Waals surface area contributed by atoms with Gasteiger partial charge < -0.3 is 4.90 Å². The van der Waals surface area contributed by atoms with Crippen LogP contribution in [0.25, 0.3) is 0 Å². The second-order valence-electron chi connectivity index (χ2n) is 9.03. The highest BCUT2D eigenvalue weighted by atomic mass is 32.2. The number of carbonyl (C=O) groups is 3. The number of hydrogen-bond acceptors (Lipinski definition) is 7. The SMILES string of the molecule is Cc1ccc(S(=O)(=O)OCCCCCCSc2cccc3c2CN(C2CCC(=O)NC2=O)C3=O)cc1. The topological polar surface area (TPSA) is 110 Å². The molecule has 1 fully saturated rings.